The number of pyridine rings is 1. The fourth-order valence-corrected chi connectivity index (χ4v) is 4.57. The maximum absolute atomic E-state index is 13.5. The molecule has 2 aromatic rings. The van der Waals surface area contributed by atoms with E-state index < -0.39 is 28.7 Å². The Morgan fingerprint density at radius 1 is 1.22 bits per heavy atom. The van der Waals surface area contributed by atoms with Crippen molar-refractivity contribution in [2.24, 2.45) is 0 Å². The van der Waals surface area contributed by atoms with Gasteiger partial charge in [-0.15, -0.1) is 0 Å². The third-order valence-corrected chi connectivity index (χ3v) is 6.35. The van der Waals surface area contributed by atoms with Crippen molar-refractivity contribution in [1.82, 2.24) is 14.8 Å². The summed E-state index contributed by atoms with van der Waals surface area (Å²) < 4.78 is 27.5. The smallest absolute Gasteiger partial charge is 0.291 e. The predicted molar refractivity (Wildman–Crippen MR) is 127 cm³/mol. The van der Waals surface area contributed by atoms with Crippen molar-refractivity contribution in [3.63, 3.8) is 0 Å². The van der Waals surface area contributed by atoms with Crippen LogP contribution in [-0.2, 0) is 20.7 Å². The third-order valence-electron chi connectivity index (χ3n) is 6.35. The van der Waals surface area contributed by atoms with Crippen LogP contribution in [0, 0.1) is 5.82 Å². The summed E-state index contributed by atoms with van der Waals surface area (Å²) in [4.78, 5) is 40.8. The number of nitrogens with zero attached hydrogens (tertiary/aromatic N) is 3. The first-order valence-electron chi connectivity index (χ1n) is 11.3. The zero-order valence-electron chi connectivity index (χ0n) is 19.5. The number of ether oxygens (including phenoxy) is 2. The van der Waals surface area contributed by atoms with Crippen molar-refractivity contribution >= 4 is 36.2 Å². The average Bonchev–Trinajstić information content (AvgIpc) is 2.89. The minimum absolute atomic E-state index is 0.102. The second kappa shape index (κ2) is 9.08. The molecule has 1 fully saturated rings. The zero-order chi connectivity index (χ0) is 25.6. The Labute approximate surface area is 205 Å². The first-order chi connectivity index (χ1) is 17.3. The summed E-state index contributed by atoms with van der Waals surface area (Å²) in [5.74, 6) is -2.00. The Kier molecular flexibility index (Phi) is 5.92. The minimum atomic E-state index is -0.810. The lowest BCUT2D eigenvalue weighted by Gasteiger charge is -2.31. The molecule has 3 aliphatic rings. The molecule has 186 valence electrons. The average molecular weight is 495 g/mol. The van der Waals surface area contributed by atoms with E-state index in [0.717, 1.165) is 10.1 Å². The van der Waals surface area contributed by atoms with Gasteiger partial charge in [-0.25, -0.2) is 4.39 Å². The molecule has 1 saturated heterocycles. The summed E-state index contributed by atoms with van der Waals surface area (Å²) in [7, 11) is 1.34. The molecule has 3 aliphatic heterocycles. The molecule has 0 radical (unpaired) electrons. The highest BCUT2D eigenvalue weighted by Gasteiger charge is 2.42. The standard InChI is InChI=1S/C25H23FN4O6/c1-27-23(32)18-21(31)19-20-22(15(12-28(19)2)11-14-3-5-16(26)6-4-14)36-17(13-30(20)25(18)34)24(33)29-7-9-35-10-8-29/h3-6,13H,2,7-12H2,1H3,(H-,27,31,32,34)/p+1. The lowest BCUT2D eigenvalue weighted by Crippen LogP contribution is -2.43. The molecule has 36 heavy (non-hydrogen) atoms. The topological polar surface area (TPSA) is 113 Å². The van der Waals surface area contributed by atoms with Gasteiger partial charge in [0, 0.05) is 32.1 Å². The summed E-state index contributed by atoms with van der Waals surface area (Å²) in [6, 6.07) is 5.93. The van der Waals surface area contributed by atoms with Gasteiger partial charge in [0.2, 0.25) is 11.5 Å². The molecule has 2 N–H and O–H groups in total. The van der Waals surface area contributed by atoms with E-state index >= 15 is 0 Å². The van der Waals surface area contributed by atoms with E-state index in [4.69, 9.17) is 9.47 Å². The number of hydrogen-bond acceptors (Lipinski definition) is 6. The maximum atomic E-state index is 13.5. The summed E-state index contributed by atoms with van der Waals surface area (Å²) in [6.07, 6.45) is 1.55. The lowest BCUT2D eigenvalue weighted by atomic mass is 9.96. The van der Waals surface area contributed by atoms with Crippen molar-refractivity contribution in [2.45, 2.75) is 6.42 Å². The molecule has 0 saturated carbocycles. The first kappa shape index (κ1) is 23.5. The molecule has 1 aromatic carbocycles. The van der Waals surface area contributed by atoms with Crippen molar-refractivity contribution in [2.75, 3.05) is 39.9 Å². The highest BCUT2D eigenvalue weighted by atomic mass is 19.1. The van der Waals surface area contributed by atoms with Gasteiger partial charge in [-0.05, 0) is 17.7 Å². The molecule has 5 rings (SSSR count). The van der Waals surface area contributed by atoms with Crippen molar-refractivity contribution in [3.8, 4) is 5.75 Å². The Bertz CT molecular complexity index is 1420. The Morgan fingerprint density at radius 3 is 2.58 bits per heavy atom. The number of carbonyl (C=O) groups excluding carboxylic acids is 2. The summed E-state index contributed by atoms with van der Waals surface area (Å²) >= 11 is 0. The fraction of sp³-hybridized carbons (Fsp3) is 0.280. The largest absolute Gasteiger partial charge is 0.501 e. The van der Waals surface area contributed by atoms with E-state index in [1.54, 1.807) is 17.0 Å². The lowest BCUT2D eigenvalue weighted by molar-refractivity contribution is -0.425. The van der Waals surface area contributed by atoms with Crippen LogP contribution < -0.4 is 10.9 Å². The number of rotatable bonds is 4. The Morgan fingerprint density at radius 2 is 1.92 bits per heavy atom. The molecule has 0 unspecified atom stereocenters. The minimum Gasteiger partial charge on any atom is -0.501 e. The highest BCUT2D eigenvalue weighted by Crippen LogP contribution is 2.44. The number of halogens is 1. The quantitative estimate of drug-likeness (QED) is 0.614. The molecule has 11 heteroatoms. The van der Waals surface area contributed by atoms with Crippen LogP contribution in [-0.4, -0.2) is 77.6 Å². The number of morpholine rings is 1. The molecular formula is C25H24FN4O6+. The van der Waals surface area contributed by atoms with Crippen LogP contribution in [0.1, 0.15) is 21.6 Å². The molecule has 10 nitrogen and oxygen atoms in total. The molecular weight excluding hydrogens is 471 g/mol. The molecule has 0 spiro atoms. The number of nitrogens with one attached hydrogen (secondary N) is 1. The number of carbonyl (C=O) groups is 2. The van der Waals surface area contributed by atoms with Crippen LogP contribution >= 0.6 is 0 Å². The monoisotopic (exact) mass is 495 g/mol. The second-order valence-corrected chi connectivity index (χ2v) is 8.61. The molecule has 0 aliphatic carbocycles. The summed E-state index contributed by atoms with van der Waals surface area (Å²) in [6.45, 7) is 5.63. The maximum Gasteiger partial charge on any atom is 0.291 e. The van der Waals surface area contributed by atoms with E-state index in [2.05, 4.69) is 12.0 Å². The molecule has 4 heterocycles. The molecule has 1 aromatic heterocycles. The number of amides is 2. The summed E-state index contributed by atoms with van der Waals surface area (Å²) in [5.41, 5.74) is 0.458. The van der Waals surface area contributed by atoms with Crippen molar-refractivity contribution in [1.29, 1.82) is 0 Å². The summed E-state index contributed by atoms with van der Waals surface area (Å²) in [5, 5.41) is 13.3. The van der Waals surface area contributed by atoms with Gasteiger partial charge in [0.15, 0.2) is 23.6 Å². The van der Waals surface area contributed by atoms with Crippen LogP contribution in [0.3, 0.4) is 0 Å². The van der Waals surface area contributed by atoms with Gasteiger partial charge in [-0.3, -0.25) is 19.0 Å². The van der Waals surface area contributed by atoms with Gasteiger partial charge in [0.25, 0.3) is 23.1 Å². The molecule has 0 bridgehead atoms. The highest BCUT2D eigenvalue weighted by molar-refractivity contribution is 6.01. The van der Waals surface area contributed by atoms with Crippen LogP contribution in [0.4, 0.5) is 10.1 Å². The van der Waals surface area contributed by atoms with Crippen LogP contribution in [0.15, 0.2) is 40.4 Å². The van der Waals surface area contributed by atoms with Gasteiger partial charge in [-0.1, -0.05) is 12.1 Å². The predicted octanol–water partition coefficient (Wildman–Crippen LogP) is 1.05. The fourth-order valence-electron chi connectivity index (χ4n) is 4.57. The van der Waals surface area contributed by atoms with Crippen molar-refractivity contribution < 1.29 is 33.1 Å². The van der Waals surface area contributed by atoms with E-state index in [0.29, 0.717) is 38.3 Å². The van der Waals surface area contributed by atoms with Gasteiger partial charge in [-0.2, -0.15) is 4.58 Å². The molecule has 0 atom stereocenters. The number of hydrogen-bond donors (Lipinski definition) is 2. The zero-order valence-corrected chi connectivity index (χ0v) is 19.5. The Balaban J connectivity index is 1.72. The number of benzene rings is 1. The van der Waals surface area contributed by atoms with E-state index in [1.165, 1.54) is 30.0 Å². The number of aromatic hydroxyl groups is 1. The van der Waals surface area contributed by atoms with E-state index in [-0.39, 0.29) is 35.3 Å². The van der Waals surface area contributed by atoms with Gasteiger partial charge in [0.1, 0.15) is 12.5 Å². The third kappa shape index (κ3) is 3.87. The number of aromatic nitrogens is 1. The van der Waals surface area contributed by atoms with Gasteiger partial charge < -0.3 is 24.8 Å². The molecule has 2 amide bonds. The Hall–Kier alpha value is -4.25. The normalized spacial score (nSPS) is 16.8. The van der Waals surface area contributed by atoms with Crippen LogP contribution in [0.25, 0.3) is 12.0 Å². The SMILES string of the molecule is C=[N+]1CC(Cc2ccc(F)cc2)=C2OC(C(=O)N3CCOCC3)=Cn3c2c1c(O)c(C(=O)NC)c3=O. The van der Waals surface area contributed by atoms with Crippen LogP contribution in [0.2, 0.25) is 0 Å². The second-order valence-electron chi connectivity index (χ2n) is 8.61. The van der Waals surface area contributed by atoms with E-state index in [1.807, 2.05) is 0 Å². The van der Waals surface area contributed by atoms with Crippen LogP contribution in [0.5, 0.6) is 5.75 Å². The first-order valence-corrected chi connectivity index (χ1v) is 11.3. The van der Waals surface area contributed by atoms with E-state index in [9.17, 15) is 23.9 Å². The van der Waals surface area contributed by atoms with Gasteiger partial charge in [0.05, 0.1) is 19.4 Å². The van der Waals surface area contributed by atoms with Crippen molar-refractivity contribution in [3.05, 3.63) is 68.6 Å². The van der Waals surface area contributed by atoms with Gasteiger partial charge >= 0.3 is 0 Å².